The van der Waals surface area contributed by atoms with Crippen molar-refractivity contribution in [1.29, 1.82) is 0 Å². The van der Waals surface area contributed by atoms with Gasteiger partial charge in [0, 0.05) is 11.6 Å². The molecule has 0 aliphatic heterocycles. The summed E-state index contributed by atoms with van der Waals surface area (Å²) in [7, 11) is 1.61. The lowest BCUT2D eigenvalue weighted by Crippen LogP contribution is -1.91. The number of carboxylic acids is 1. The van der Waals surface area contributed by atoms with E-state index in [0.717, 1.165) is 21.5 Å². The molecule has 0 amide bonds. The van der Waals surface area contributed by atoms with E-state index in [1.54, 1.807) is 19.4 Å². The highest BCUT2D eigenvalue weighted by Crippen LogP contribution is 2.34. The summed E-state index contributed by atoms with van der Waals surface area (Å²) in [5.74, 6) is -0.437. The lowest BCUT2D eigenvalue weighted by atomic mass is 10.2. The smallest absolute Gasteiger partial charge is 0.371 e. The Morgan fingerprint density at radius 2 is 2.14 bits per heavy atom. The van der Waals surface area contributed by atoms with E-state index in [9.17, 15) is 4.79 Å². The van der Waals surface area contributed by atoms with Gasteiger partial charge in [0.15, 0.2) is 5.09 Å². The van der Waals surface area contributed by atoms with Crippen LogP contribution in [0.15, 0.2) is 57.1 Å². The number of hydrogen-bond donors (Lipinski definition) is 1. The SMILES string of the molecule is COc1ccc2ccnc(Sc3ccc(C(=O)O)o3)c2c1. The molecule has 21 heavy (non-hydrogen) atoms. The van der Waals surface area contributed by atoms with Crippen molar-refractivity contribution < 1.29 is 19.1 Å². The zero-order valence-electron chi connectivity index (χ0n) is 11.1. The van der Waals surface area contributed by atoms with Crippen molar-refractivity contribution in [3.05, 3.63) is 48.4 Å². The van der Waals surface area contributed by atoms with Gasteiger partial charge in [-0.1, -0.05) is 6.07 Å². The summed E-state index contributed by atoms with van der Waals surface area (Å²) >= 11 is 1.28. The number of carboxylic acid groups (broad SMARTS) is 1. The molecule has 106 valence electrons. The van der Waals surface area contributed by atoms with E-state index in [0.29, 0.717) is 5.09 Å². The van der Waals surface area contributed by atoms with Crippen LogP contribution in [0.5, 0.6) is 5.75 Å². The second kappa shape index (κ2) is 5.49. The molecular weight excluding hydrogens is 290 g/mol. The van der Waals surface area contributed by atoms with Crippen LogP contribution in [0.3, 0.4) is 0 Å². The molecule has 0 saturated carbocycles. The molecule has 0 aliphatic carbocycles. The third kappa shape index (κ3) is 2.71. The highest BCUT2D eigenvalue weighted by atomic mass is 32.2. The predicted molar refractivity (Wildman–Crippen MR) is 78.1 cm³/mol. The van der Waals surface area contributed by atoms with Gasteiger partial charge < -0.3 is 14.3 Å². The first-order valence-electron chi connectivity index (χ1n) is 6.11. The number of carbonyl (C=O) groups is 1. The minimum atomic E-state index is -1.09. The van der Waals surface area contributed by atoms with Gasteiger partial charge in [-0.2, -0.15) is 0 Å². The molecule has 1 aromatic carbocycles. The highest BCUT2D eigenvalue weighted by Gasteiger charge is 2.12. The Hall–Kier alpha value is -2.47. The van der Waals surface area contributed by atoms with E-state index in [1.165, 1.54) is 17.8 Å². The first-order valence-corrected chi connectivity index (χ1v) is 6.93. The van der Waals surface area contributed by atoms with Gasteiger partial charge in [0.2, 0.25) is 5.76 Å². The van der Waals surface area contributed by atoms with Gasteiger partial charge in [0.25, 0.3) is 0 Å². The Labute approximate surface area is 124 Å². The van der Waals surface area contributed by atoms with Crippen molar-refractivity contribution in [2.45, 2.75) is 10.1 Å². The Balaban J connectivity index is 2.00. The van der Waals surface area contributed by atoms with Gasteiger partial charge in [-0.05, 0) is 47.5 Å². The highest BCUT2D eigenvalue weighted by molar-refractivity contribution is 7.99. The van der Waals surface area contributed by atoms with Crippen molar-refractivity contribution in [1.82, 2.24) is 4.98 Å². The molecule has 0 radical (unpaired) electrons. The van der Waals surface area contributed by atoms with Gasteiger partial charge in [0.05, 0.1) is 7.11 Å². The molecular formula is C15H11NO4S. The summed E-state index contributed by atoms with van der Waals surface area (Å²) in [4.78, 5) is 15.2. The average molecular weight is 301 g/mol. The van der Waals surface area contributed by atoms with E-state index >= 15 is 0 Å². The molecule has 2 heterocycles. The lowest BCUT2D eigenvalue weighted by Gasteiger charge is -2.06. The minimum Gasteiger partial charge on any atom is -0.497 e. The van der Waals surface area contributed by atoms with Gasteiger partial charge in [0.1, 0.15) is 10.8 Å². The number of pyridine rings is 1. The van der Waals surface area contributed by atoms with Crippen LogP contribution in [0.2, 0.25) is 0 Å². The number of rotatable bonds is 4. The largest absolute Gasteiger partial charge is 0.497 e. The fourth-order valence-electron chi connectivity index (χ4n) is 1.91. The van der Waals surface area contributed by atoms with Crippen molar-refractivity contribution in [3.63, 3.8) is 0 Å². The van der Waals surface area contributed by atoms with E-state index in [-0.39, 0.29) is 5.76 Å². The number of hydrogen-bond acceptors (Lipinski definition) is 5. The van der Waals surface area contributed by atoms with E-state index < -0.39 is 5.97 Å². The molecule has 0 unspecified atom stereocenters. The average Bonchev–Trinajstić information content (AvgIpc) is 2.96. The van der Waals surface area contributed by atoms with Crippen molar-refractivity contribution in [2.24, 2.45) is 0 Å². The summed E-state index contributed by atoms with van der Waals surface area (Å²) in [6, 6.07) is 10.7. The molecule has 0 fully saturated rings. The monoisotopic (exact) mass is 301 g/mol. The molecule has 0 spiro atoms. The second-order valence-corrected chi connectivity index (χ2v) is 5.22. The number of methoxy groups -OCH3 is 1. The van der Waals surface area contributed by atoms with Crippen LogP contribution in [0.1, 0.15) is 10.6 Å². The fraction of sp³-hybridized carbons (Fsp3) is 0.0667. The number of ether oxygens (including phenoxy) is 1. The second-order valence-electron chi connectivity index (χ2n) is 4.23. The zero-order chi connectivity index (χ0) is 14.8. The number of aromatic carboxylic acids is 1. The van der Waals surface area contributed by atoms with Crippen molar-refractivity contribution >= 4 is 28.5 Å². The molecule has 3 aromatic rings. The van der Waals surface area contributed by atoms with Crippen molar-refractivity contribution in [2.75, 3.05) is 7.11 Å². The molecule has 2 aromatic heterocycles. The standard InChI is InChI=1S/C15H11NO4S/c1-19-10-3-2-9-6-7-16-14(11(9)8-10)21-13-5-4-12(20-13)15(17)18/h2-8H,1H3,(H,17,18). The number of fused-ring (bicyclic) bond motifs is 1. The normalized spacial score (nSPS) is 10.7. The minimum absolute atomic E-state index is 0.0877. The lowest BCUT2D eigenvalue weighted by molar-refractivity contribution is 0.0656. The van der Waals surface area contributed by atoms with Crippen LogP contribution in [0.4, 0.5) is 0 Å². The third-order valence-corrected chi connectivity index (χ3v) is 3.87. The van der Waals surface area contributed by atoms with Crippen LogP contribution in [0, 0.1) is 0 Å². The molecule has 0 bridgehead atoms. The maximum Gasteiger partial charge on any atom is 0.371 e. The van der Waals surface area contributed by atoms with Crippen LogP contribution in [0.25, 0.3) is 10.8 Å². The molecule has 6 heteroatoms. The molecule has 3 rings (SSSR count). The molecule has 0 aliphatic rings. The number of benzene rings is 1. The van der Waals surface area contributed by atoms with Crippen LogP contribution >= 0.6 is 11.8 Å². The Kier molecular flexibility index (Phi) is 3.53. The summed E-state index contributed by atoms with van der Waals surface area (Å²) in [5, 5.41) is 12.0. The van der Waals surface area contributed by atoms with Gasteiger partial charge >= 0.3 is 5.97 Å². The Morgan fingerprint density at radius 1 is 1.29 bits per heavy atom. The number of nitrogens with zero attached hydrogens (tertiary/aromatic N) is 1. The molecule has 5 nitrogen and oxygen atoms in total. The number of aromatic nitrogens is 1. The van der Waals surface area contributed by atoms with Crippen LogP contribution in [-0.4, -0.2) is 23.2 Å². The Morgan fingerprint density at radius 3 is 2.86 bits per heavy atom. The summed E-state index contributed by atoms with van der Waals surface area (Å²) in [5.41, 5.74) is 0. The van der Waals surface area contributed by atoms with Gasteiger partial charge in [-0.3, -0.25) is 0 Å². The quantitative estimate of drug-likeness (QED) is 0.792. The maximum absolute atomic E-state index is 10.8. The van der Waals surface area contributed by atoms with Gasteiger partial charge in [-0.15, -0.1) is 0 Å². The van der Waals surface area contributed by atoms with E-state index in [1.807, 2.05) is 24.3 Å². The van der Waals surface area contributed by atoms with Crippen LogP contribution in [-0.2, 0) is 0 Å². The predicted octanol–water partition coefficient (Wildman–Crippen LogP) is 3.69. The molecule has 0 saturated heterocycles. The maximum atomic E-state index is 10.8. The van der Waals surface area contributed by atoms with E-state index in [4.69, 9.17) is 14.3 Å². The summed E-state index contributed by atoms with van der Waals surface area (Å²) < 4.78 is 10.5. The molecule has 1 N–H and O–H groups in total. The fourth-order valence-corrected chi connectivity index (χ4v) is 2.77. The third-order valence-electron chi connectivity index (χ3n) is 2.93. The first kappa shape index (κ1) is 13.5. The summed E-state index contributed by atoms with van der Waals surface area (Å²) in [6.45, 7) is 0. The molecule has 0 atom stereocenters. The summed E-state index contributed by atoms with van der Waals surface area (Å²) in [6.07, 6.45) is 1.71. The zero-order valence-corrected chi connectivity index (χ0v) is 11.9. The van der Waals surface area contributed by atoms with Crippen molar-refractivity contribution in [3.8, 4) is 5.75 Å². The van der Waals surface area contributed by atoms with E-state index in [2.05, 4.69) is 4.98 Å². The van der Waals surface area contributed by atoms with Crippen LogP contribution < -0.4 is 4.74 Å². The topological polar surface area (TPSA) is 72.6 Å². The van der Waals surface area contributed by atoms with Gasteiger partial charge in [-0.25, -0.2) is 9.78 Å². The number of furan rings is 1. The first-order chi connectivity index (χ1) is 10.2. The Bertz CT molecular complexity index is 812.